The summed E-state index contributed by atoms with van der Waals surface area (Å²) in [5, 5.41) is 1.33. The number of thiazole rings is 1. The van der Waals surface area contributed by atoms with Gasteiger partial charge in [0, 0.05) is 24.2 Å². The van der Waals surface area contributed by atoms with Crippen LogP contribution in [0.25, 0.3) is 10.2 Å². The van der Waals surface area contributed by atoms with Crippen LogP contribution in [0.4, 0.5) is 0 Å². The van der Waals surface area contributed by atoms with E-state index >= 15 is 0 Å². The Morgan fingerprint density at radius 1 is 1.30 bits per heavy atom. The van der Waals surface area contributed by atoms with Gasteiger partial charge in [0.15, 0.2) is 0 Å². The van der Waals surface area contributed by atoms with Crippen LogP contribution < -0.4 is 0 Å². The van der Waals surface area contributed by atoms with Crippen molar-refractivity contribution in [3.63, 3.8) is 0 Å². The predicted molar refractivity (Wildman–Crippen MR) is 98.9 cm³/mol. The lowest BCUT2D eigenvalue weighted by molar-refractivity contribution is 0.362. The normalized spacial score (nSPS) is 23.3. The molecule has 1 aromatic heterocycles. The van der Waals surface area contributed by atoms with Gasteiger partial charge in [-0.05, 0) is 63.4 Å². The Labute approximate surface area is 142 Å². The molecule has 0 saturated heterocycles. The van der Waals surface area contributed by atoms with Gasteiger partial charge >= 0.3 is 0 Å². The third-order valence-electron chi connectivity index (χ3n) is 5.11. The van der Waals surface area contributed by atoms with Crippen LogP contribution in [0.1, 0.15) is 43.2 Å². The number of aromatic nitrogens is 1. The van der Waals surface area contributed by atoms with Gasteiger partial charge in [-0.3, -0.25) is 4.99 Å². The summed E-state index contributed by atoms with van der Waals surface area (Å²) in [6.07, 6.45) is 4.92. The van der Waals surface area contributed by atoms with Gasteiger partial charge in [0.25, 0.3) is 0 Å². The molecule has 0 unspecified atom stereocenters. The molecule has 4 rings (SSSR count). The Balaban J connectivity index is 1.65. The van der Waals surface area contributed by atoms with Crippen molar-refractivity contribution in [3.8, 4) is 0 Å². The molecule has 1 aromatic carbocycles. The second kappa shape index (κ2) is 5.67. The van der Waals surface area contributed by atoms with Gasteiger partial charge in [-0.25, -0.2) is 4.98 Å². The van der Waals surface area contributed by atoms with Gasteiger partial charge < -0.3 is 4.90 Å². The zero-order chi connectivity index (χ0) is 16.0. The average molecular weight is 327 g/mol. The smallest absolute Gasteiger partial charge is 0.101 e. The molecule has 122 valence electrons. The molecule has 0 spiro atoms. The molecule has 2 heterocycles. The molecular weight excluding hydrogens is 302 g/mol. The summed E-state index contributed by atoms with van der Waals surface area (Å²) in [6.45, 7) is 4.38. The van der Waals surface area contributed by atoms with Crippen LogP contribution in [0.2, 0.25) is 0 Å². The second-order valence-electron chi connectivity index (χ2n) is 7.65. The summed E-state index contributed by atoms with van der Waals surface area (Å²) in [5.74, 6) is 0.731. The van der Waals surface area contributed by atoms with Gasteiger partial charge in [-0.15, -0.1) is 11.3 Å². The molecule has 0 bridgehead atoms. The highest BCUT2D eigenvalue weighted by Gasteiger charge is 2.47. The van der Waals surface area contributed by atoms with Crippen molar-refractivity contribution in [1.29, 1.82) is 0 Å². The number of aliphatic imine (C=N–C) groups is 1. The summed E-state index contributed by atoms with van der Waals surface area (Å²) in [4.78, 5) is 12.1. The van der Waals surface area contributed by atoms with E-state index in [2.05, 4.69) is 44.1 Å². The number of likely N-dealkylation sites (N-methyl/N-ethyl adjacent to an activating group) is 1. The average Bonchev–Trinajstić information content (AvgIpc) is 3.16. The second-order valence-corrected chi connectivity index (χ2v) is 8.68. The summed E-state index contributed by atoms with van der Waals surface area (Å²) in [5.41, 5.74) is 4.03. The van der Waals surface area contributed by atoms with Gasteiger partial charge in [-0.1, -0.05) is 13.0 Å². The zero-order valence-corrected chi connectivity index (χ0v) is 15.1. The molecule has 2 aromatic rings. The zero-order valence-electron chi connectivity index (χ0n) is 14.3. The maximum absolute atomic E-state index is 5.01. The van der Waals surface area contributed by atoms with Crippen LogP contribution in [0.5, 0.6) is 0 Å². The van der Waals surface area contributed by atoms with E-state index in [1.54, 1.807) is 0 Å². The number of hydrogen-bond acceptors (Lipinski definition) is 4. The number of benzene rings is 1. The van der Waals surface area contributed by atoms with Crippen molar-refractivity contribution >= 4 is 27.3 Å². The largest absolute Gasteiger partial charge is 0.308 e. The fourth-order valence-electron chi connectivity index (χ4n) is 3.58. The van der Waals surface area contributed by atoms with Crippen LogP contribution in [-0.2, 0) is 5.41 Å². The minimum absolute atomic E-state index is 0.325. The van der Waals surface area contributed by atoms with Crippen LogP contribution in [0.15, 0.2) is 23.2 Å². The maximum Gasteiger partial charge on any atom is 0.101 e. The number of nitrogens with zero attached hydrogens (tertiary/aromatic N) is 3. The van der Waals surface area contributed by atoms with Crippen molar-refractivity contribution in [2.24, 2.45) is 10.9 Å². The quantitative estimate of drug-likeness (QED) is 0.845. The monoisotopic (exact) mass is 327 g/mol. The molecule has 23 heavy (non-hydrogen) atoms. The number of hydrogen-bond donors (Lipinski definition) is 0. The Bertz CT molecular complexity index is 755. The Kier molecular flexibility index (Phi) is 3.77. The molecule has 0 amide bonds. The highest BCUT2D eigenvalue weighted by Crippen LogP contribution is 2.50. The van der Waals surface area contributed by atoms with Gasteiger partial charge in [-0.2, -0.15) is 0 Å². The molecule has 4 heteroatoms. The lowest BCUT2D eigenvalue weighted by Gasteiger charge is -2.17. The first-order valence-corrected chi connectivity index (χ1v) is 9.47. The van der Waals surface area contributed by atoms with E-state index in [0.717, 1.165) is 30.9 Å². The van der Waals surface area contributed by atoms with Crippen molar-refractivity contribution in [3.05, 3.63) is 28.8 Å². The maximum atomic E-state index is 5.01. The van der Waals surface area contributed by atoms with Gasteiger partial charge in [0.1, 0.15) is 5.01 Å². The van der Waals surface area contributed by atoms with E-state index in [1.807, 2.05) is 11.3 Å². The summed E-state index contributed by atoms with van der Waals surface area (Å²) in [6, 6.07) is 6.75. The Morgan fingerprint density at radius 3 is 2.78 bits per heavy atom. The summed E-state index contributed by atoms with van der Waals surface area (Å²) < 4.78 is 1.32. The lowest BCUT2D eigenvalue weighted by Crippen LogP contribution is -2.25. The summed E-state index contributed by atoms with van der Waals surface area (Å²) >= 11 is 1.89. The predicted octanol–water partition coefficient (Wildman–Crippen LogP) is 4.11. The highest BCUT2D eigenvalue weighted by atomic mass is 32.1. The van der Waals surface area contributed by atoms with E-state index in [1.165, 1.54) is 40.2 Å². The highest BCUT2D eigenvalue weighted by molar-refractivity contribution is 7.18. The lowest BCUT2D eigenvalue weighted by atomic mass is 9.96. The molecule has 3 nitrogen and oxygen atoms in total. The first kappa shape index (κ1) is 15.3. The standard InChI is InChI=1S/C19H25N3S/c1-13-4-6-15(20-11-13)14-5-7-17-16(10-14)21-18(23-17)19(8-9-19)12-22(2)3/h5,7,10,13H,4,6,8-9,11-12H2,1-3H3/t13-/m0/s1. The van der Waals surface area contributed by atoms with Crippen molar-refractivity contribution in [2.75, 3.05) is 27.2 Å². The molecule has 1 aliphatic heterocycles. The van der Waals surface area contributed by atoms with E-state index in [9.17, 15) is 0 Å². The van der Waals surface area contributed by atoms with Crippen LogP contribution in [0, 0.1) is 5.92 Å². The van der Waals surface area contributed by atoms with Crippen LogP contribution >= 0.6 is 11.3 Å². The van der Waals surface area contributed by atoms with Crippen LogP contribution in [-0.4, -0.2) is 42.8 Å². The molecule has 1 saturated carbocycles. The SMILES string of the molecule is C[C@H]1CCC(c2ccc3sc(C4(CN(C)C)CC4)nc3c2)=NC1. The van der Waals surface area contributed by atoms with E-state index in [4.69, 9.17) is 9.98 Å². The van der Waals surface area contributed by atoms with Crippen molar-refractivity contribution in [1.82, 2.24) is 9.88 Å². The third kappa shape index (κ3) is 2.94. The fourth-order valence-corrected chi connectivity index (χ4v) is 4.77. The number of fused-ring (bicyclic) bond motifs is 1. The van der Waals surface area contributed by atoms with Gasteiger partial charge in [0.05, 0.1) is 10.2 Å². The molecule has 0 radical (unpaired) electrons. The van der Waals surface area contributed by atoms with Crippen molar-refractivity contribution < 1.29 is 0 Å². The fraction of sp³-hybridized carbons (Fsp3) is 0.579. The van der Waals surface area contributed by atoms with E-state index < -0.39 is 0 Å². The van der Waals surface area contributed by atoms with Crippen LogP contribution in [0.3, 0.4) is 0 Å². The first-order chi connectivity index (χ1) is 11.1. The minimum atomic E-state index is 0.325. The third-order valence-corrected chi connectivity index (χ3v) is 6.40. The number of rotatable bonds is 4. The molecule has 2 aliphatic rings. The summed E-state index contributed by atoms with van der Waals surface area (Å²) in [7, 11) is 4.32. The molecule has 1 fully saturated rings. The van der Waals surface area contributed by atoms with E-state index in [-0.39, 0.29) is 0 Å². The molecule has 0 N–H and O–H groups in total. The topological polar surface area (TPSA) is 28.5 Å². The van der Waals surface area contributed by atoms with E-state index in [0.29, 0.717) is 5.41 Å². The minimum Gasteiger partial charge on any atom is -0.308 e. The molecule has 1 aliphatic carbocycles. The van der Waals surface area contributed by atoms with Gasteiger partial charge in [0.2, 0.25) is 0 Å². The first-order valence-electron chi connectivity index (χ1n) is 8.65. The molecular formula is C19H25N3S. The Hall–Kier alpha value is -1.26. The molecule has 1 atom stereocenters. The Morgan fingerprint density at radius 2 is 2.13 bits per heavy atom. The van der Waals surface area contributed by atoms with Crippen molar-refractivity contribution in [2.45, 2.75) is 38.0 Å².